The molecule has 0 saturated carbocycles. The van der Waals surface area contributed by atoms with Crippen LogP contribution in [-0.4, -0.2) is 25.8 Å². The number of pyridine rings is 1. The van der Waals surface area contributed by atoms with Crippen LogP contribution in [0.3, 0.4) is 0 Å². The lowest BCUT2D eigenvalue weighted by molar-refractivity contribution is -0.185. The number of benzene rings is 3. The number of alkyl halides is 8. The Morgan fingerprint density at radius 1 is 0.727 bits per heavy atom. The fraction of sp³-hybridized carbons (Fsp3) is 0.100. The van der Waals surface area contributed by atoms with E-state index in [-0.39, 0.29) is 21.7 Å². The van der Waals surface area contributed by atoms with Gasteiger partial charge in [-0.25, -0.2) is 14.5 Å². The minimum absolute atomic E-state index is 0.181. The third-order valence-corrected chi connectivity index (χ3v) is 6.38. The highest BCUT2D eigenvalue weighted by Crippen LogP contribution is 2.39. The van der Waals surface area contributed by atoms with Crippen LogP contribution in [0.2, 0.25) is 0 Å². The molecule has 0 unspecified atom stereocenters. The van der Waals surface area contributed by atoms with E-state index < -0.39 is 52.6 Å². The molecule has 5 aromatic rings. The largest absolute Gasteiger partial charge is 0.478 e. The van der Waals surface area contributed by atoms with Crippen LogP contribution in [-0.2, 0) is 18.5 Å². The molecule has 0 spiro atoms. The van der Waals surface area contributed by atoms with Crippen molar-refractivity contribution >= 4 is 5.97 Å². The summed E-state index contributed by atoms with van der Waals surface area (Å²) < 4.78 is 116. The summed E-state index contributed by atoms with van der Waals surface area (Å²) in [5.74, 6) is -2.62. The van der Waals surface area contributed by atoms with Crippen LogP contribution in [0.1, 0.15) is 27.2 Å². The molecule has 3 aromatic carbocycles. The third-order valence-electron chi connectivity index (χ3n) is 6.38. The van der Waals surface area contributed by atoms with Crippen molar-refractivity contribution in [3.05, 3.63) is 120 Å². The fourth-order valence-electron chi connectivity index (χ4n) is 4.37. The number of rotatable bonds is 7. The number of carbonyl (C=O) groups is 1. The summed E-state index contributed by atoms with van der Waals surface area (Å²) in [7, 11) is 0. The average Bonchev–Trinajstić information content (AvgIpc) is 3.44. The Balaban J connectivity index is 1.44. The molecular weight excluding hydrogens is 602 g/mol. The minimum atomic E-state index is -5.12. The van der Waals surface area contributed by atoms with Crippen molar-refractivity contribution in [1.82, 2.24) is 14.8 Å². The second kappa shape index (κ2) is 11.1. The summed E-state index contributed by atoms with van der Waals surface area (Å²) in [6, 6.07) is 18.1. The standard InChI is InChI=1S/C30H17F8N3O3/c31-28(32,33)19-12-8-17(9-13-19)18-10-14-20(15-11-18)44-30(37,38)23-5-2-1-4-21(23)24-6-3-7-25(40-24)41-26(29(34,35)36)22(16-39-41)27(42)43/h1-16H,(H,42,43). The predicted octanol–water partition coefficient (Wildman–Crippen LogP) is 8.47. The zero-order valence-corrected chi connectivity index (χ0v) is 21.9. The number of carboxylic acids is 1. The number of halogens is 8. The quantitative estimate of drug-likeness (QED) is 0.185. The van der Waals surface area contributed by atoms with Gasteiger partial charge in [0.05, 0.1) is 23.0 Å². The first-order valence-corrected chi connectivity index (χ1v) is 12.5. The fourth-order valence-corrected chi connectivity index (χ4v) is 4.37. The summed E-state index contributed by atoms with van der Waals surface area (Å²) in [5.41, 5.74) is -3.76. The van der Waals surface area contributed by atoms with E-state index >= 15 is 8.78 Å². The van der Waals surface area contributed by atoms with Crippen LogP contribution in [0, 0.1) is 0 Å². The van der Waals surface area contributed by atoms with E-state index in [1.807, 2.05) is 0 Å². The Bertz CT molecular complexity index is 1810. The zero-order chi connectivity index (χ0) is 31.9. The first-order valence-electron chi connectivity index (χ1n) is 12.5. The normalized spacial score (nSPS) is 12.3. The van der Waals surface area contributed by atoms with E-state index in [1.54, 1.807) is 0 Å². The van der Waals surface area contributed by atoms with Crippen LogP contribution >= 0.6 is 0 Å². The highest BCUT2D eigenvalue weighted by atomic mass is 19.4. The molecule has 0 aliphatic carbocycles. The topological polar surface area (TPSA) is 77.2 Å². The second-order valence-electron chi connectivity index (χ2n) is 9.27. The minimum Gasteiger partial charge on any atom is -0.478 e. The lowest BCUT2D eigenvalue weighted by Gasteiger charge is -2.21. The predicted molar refractivity (Wildman–Crippen MR) is 140 cm³/mol. The molecular formula is C30H17F8N3O3. The van der Waals surface area contributed by atoms with Gasteiger partial charge in [0.1, 0.15) is 11.3 Å². The zero-order valence-electron chi connectivity index (χ0n) is 21.9. The second-order valence-corrected chi connectivity index (χ2v) is 9.27. The van der Waals surface area contributed by atoms with Gasteiger partial charge in [-0.2, -0.15) is 40.2 Å². The number of carboxylic acid groups (broad SMARTS) is 1. The number of ether oxygens (including phenoxy) is 1. The highest BCUT2D eigenvalue weighted by Gasteiger charge is 2.41. The molecule has 2 aromatic heterocycles. The van der Waals surface area contributed by atoms with Gasteiger partial charge in [-0.1, -0.05) is 48.5 Å². The first kappa shape index (κ1) is 30.2. The van der Waals surface area contributed by atoms with E-state index in [0.717, 1.165) is 24.3 Å². The van der Waals surface area contributed by atoms with Gasteiger partial charge < -0.3 is 9.84 Å². The Morgan fingerprint density at radius 2 is 1.34 bits per heavy atom. The maximum absolute atomic E-state index is 15.5. The van der Waals surface area contributed by atoms with Crippen LogP contribution in [0.4, 0.5) is 35.1 Å². The molecule has 6 nitrogen and oxygen atoms in total. The third kappa shape index (κ3) is 6.09. The molecule has 1 N–H and O–H groups in total. The number of hydrogen-bond donors (Lipinski definition) is 1. The molecule has 226 valence electrons. The molecule has 5 rings (SSSR count). The lowest BCUT2D eigenvalue weighted by Crippen LogP contribution is -2.23. The Kier molecular flexibility index (Phi) is 7.61. The number of aromatic nitrogens is 3. The van der Waals surface area contributed by atoms with Crippen molar-refractivity contribution < 1.29 is 49.8 Å². The molecule has 0 aliphatic heterocycles. The molecule has 14 heteroatoms. The smallest absolute Gasteiger partial charge is 0.434 e. The average molecular weight is 619 g/mol. The van der Waals surface area contributed by atoms with E-state index in [9.17, 15) is 36.2 Å². The van der Waals surface area contributed by atoms with E-state index in [2.05, 4.69) is 10.1 Å². The lowest BCUT2D eigenvalue weighted by atomic mass is 10.0. The molecule has 44 heavy (non-hydrogen) atoms. The van der Waals surface area contributed by atoms with E-state index in [1.165, 1.54) is 66.7 Å². The first-order chi connectivity index (χ1) is 20.6. The summed E-state index contributed by atoms with van der Waals surface area (Å²) in [5, 5.41) is 12.7. The van der Waals surface area contributed by atoms with Gasteiger partial charge in [-0.3, -0.25) is 0 Å². The van der Waals surface area contributed by atoms with E-state index in [4.69, 9.17) is 4.74 Å². The van der Waals surface area contributed by atoms with Crippen molar-refractivity contribution in [3.63, 3.8) is 0 Å². The van der Waals surface area contributed by atoms with Crippen molar-refractivity contribution in [2.45, 2.75) is 18.5 Å². The van der Waals surface area contributed by atoms with Gasteiger partial charge in [-0.05, 0) is 53.6 Å². The molecule has 0 amide bonds. The molecule has 0 bridgehead atoms. The monoisotopic (exact) mass is 619 g/mol. The molecule has 0 radical (unpaired) electrons. The van der Waals surface area contributed by atoms with Gasteiger partial charge in [0.2, 0.25) is 0 Å². The Labute approximate surface area is 242 Å². The number of hydrogen-bond acceptors (Lipinski definition) is 4. The summed E-state index contributed by atoms with van der Waals surface area (Å²) in [6.07, 6.45) is -13.1. The van der Waals surface area contributed by atoms with Gasteiger partial charge in [-0.15, -0.1) is 0 Å². The van der Waals surface area contributed by atoms with Crippen LogP contribution in [0.25, 0.3) is 28.2 Å². The highest BCUT2D eigenvalue weighted by molar-refractivity contribution is 5.89. The van der Waals surface area contributed by atoms with Crippen molar-refractivity contribution in [3.8, 4) is 34.0 Å². The van der Waals surface area contributed by atoms with Crippen LogP contribution < -0.4 is 4.74 Å². The van der Waals surface area contributed by atoms with Crippen LogP contribution in [0.5, 0.6) is 5.75 Å². The number of aromatic carboxylic acids is 1. The molecule has 0 atom stereocenters. The molecule has 0 saturated heterocycles. The van der Waals surface area contributed by atoms with Gasteiger partial charge >= 0.3 is 24.4 Å². The summed E-state index contributed by atoms with van der Waals surface area (Å²) >= 11 is 0. The number of nitrogens with zero attached hydrogens (tertiary/aromatic N) is 3. The van der Waals surface area contributed by atoms with Gasteiger partial charge in [0.25, 0.3) is 0 Å². The SMILES string of the molecule is O=C(O)c1cnn(-c2cccc(-c3ccccc3C(F)(F)Oc3ccc(-c4ccc(C(F)(F)F)cc4)cc3)n2)c1C(F)(F)F. The van der Waals surface area contributed by atoms with Crippen LogP contribution in [0.15, 0.2) is 97.2 Å². The Hall–Kier alpha value is -5.27. The van der Waals surface area contributed by atoms with Crippen molar-refractivity contribution in [1.29, 1.82) is 0 Å². The maximum atomic E-state index is 15.5. The van der Waals surface area contributed by atoms with E-state index in [0.29, 0.717) is 17.3 Å². The molecule has 0 fully saturated rings. The summed E-state index contributed by atoms with van der Waals surface area (Å²) in [6.45, 7) is 0. The summed E-state index contributed by atoms with van der Waals surface area (Å²) in [4.78, 5) is 15.4. The molecule has 2 heterocycles. The Morgan fingerprint density at radius 3 is 1.93 bits per heavy atom. The maximum Gasteiger partial charge on any atom is 0.434 e. The molecule has 0 aliphatic rings. The van der Waals surface area contributed by atoms with Gasteiger partial charge in [0.15, 0.2) is 11.5 Å². The van der Waals surface area contributed by atoms with Crippen molar-refractivity contribution in [2.75, 3.05) is 0 Å². The van der Waals surface area contributed by atoms with Crippen molar-refractivity contribution in [2.24, 2.45) is 0 Å². The van der Waals surface area contributed by atoms with Gasteiger partial charge in [0, 0.05) is 5.56 Å².